The molecule has 0 spiro atoms. The zero-order valence-electron chi connectivity index (χ0n) is 10.6. The number of rotatable bonds is 5. The van der Waals surface area contributed by atoms with Gasteiger partial charge in [-0.3, -0.25) is 0 Å². The highest BCUT2D eigenvalue weighted by atomic mass is 16.3. The van der Waals surface area contributed by atoms with Crippen LogP contribution in [0.3, 0.4) is 0 Å². The van der Waals surface area contributed by atoms with Crippen LogP contribution in [0.2, 0.25) is 0 Å². The third-order valence-electron chi connectivity index (χ3n) is 3.73. The van der Waals surface area contributed by atoms with Gasteiger partial charge in [0.05, 0.1) is 12.4 Å². The van der Waals surface area contributed by atoms with Gasteiger partial charge in [0.15, 0.2) is 0 Å². The SMILES string of the molecule is CCNC(C1CC1)C(O)c1ccc2ccoc2c1. The van der Waals surface area contributed by atoms with Gasteiger partial charge in [-0.05, 0) is 43.0 Å². The number of hydrogen-bond donors (Lipinski definition) is 2. The Kier molecular flexibility index (Phi) is 3.10. The molecule has 2 unspecified atom stereocenters. The van der Waals surface area contributed by atoms with Crippen LogP contribution in [-0.4, -0.2) is 17.7 Å². The molecule has 3 heteroatoms. The van der Waals surface area contributed by atoms with Crippen molar-refractivity contribution in [2.75, 3.05) is 6.54 Å². The van der Waals surface area contributed by atoms with Crippen molar-refractivity contribution < 1.29 is 9.52 Å². The van der Waals surface area contributed by atoms with E-state index in [1.165, 1.54) is 12.8 Å². The normalized spacial score (nSPS) is 19.0. The van der Waals surface area contributed by atoms with Crippen molar-refractivity contribution in [1.82, 2.24) is 5.32 Å². The van der Waals surface area contributed by atoms with E-state index in [0.29, 0.717) is 5.92 Å². The topological polar surface area (TPSA) is 45.4 Å². The van der Waals surface area contributed by atoms with Crippen molar-refractivity contribution in [3.63, 3.8) is 0 Å². The lowest BCUT2D eigenvalue weighted by atomic mass is 9.98. The molecule has 2 N–H and O–H groups in total. The lowest BCUT2D eigenvalue weighted by Crippen LogP contribution is -2.36. The molecule has 2 aromatic rings. The fourth-order valence-corrected chi connectivity index (χ4v) is 2.59. The highest BCUT2D eigenvalue weighted by Crippen LogP contribution is 2.38. The molecule has 0 radical (unpaired) electrons. The summed E-state index contributed by atoms with van der Waals surface area (Å²) in [6, 6.07) is 8.06. The number of benzene rings is 1. The maximum Gasteiger partial charge on any atom is 0.134 e. The van der Waals surface area contributed by atoms with E-state index in [0.717, 1.165) is 23.1 Å². The summed E-state index contributed by atoms with van der Waals surface area (Å²) in [5.41, 5.74) is 1.79. The Morgan fingerprint density at radius 3 is 2.94 bits per heavy atom. The molecule has 1 aromatic carbocycles. The maximum absolute atomic E-state index is 10.5. The predicted molar refractivity (Wildman–Crippen MR) is 71.4 cm³/mol. The Balaban J connectivity index is 1.86. The minimum absolute atomic E-state index is 0.169. The first-order chi connectivity index (χ1) is 8.79. The van der Waals surface area contributed by atoms with Crippen molar-refractivity contribution in [3.8, 4) is 0 Å². The maximum atomic E-state index is 10.5. The summed E-state index contributed by atoms with van der Waals surface area (Å²) in [6.07, 6.45) is 3.67. The van der Waals surface area contributed by atoms with Gasteiger partial charge in [0, 0.05) is 11.4 Å². The van der Waals surface area contributed by atoms with Crippen LogP contribution in [0.4, 0.5) is 0 Å². The third-order valence-corrected chi connectivity index (χ3v) is 3.73. The van der Waals surface area contributed by atoms with Crippen LogP contribution in [0.5, 0.6) is 0 Å². The van der Waals surface area contributed by atoms with Gasteiger partial charge in [0.25, 0.3) is 0 Å². The smallest absolute Gasteiger partial charge is 0.134 e. The number of hydrogen-bond acceptors (Lipinski definition) is 3. The minimum Gasteiger partial charge on any atom is -0.464 e. The van der Waals surface area contributed by atoms with Gasteiger partial charge in [-0.25, -0.2) is 0 Å². The van der Waals surface area contributed by atoms with Crippen LogP contribution in [0.25, 0.3) is 11.0 Å². The molecule has 18 heavy (non-hydrogen) atoms. The van der Waals surface area contributed by atoms with Crippen LogP contribution in [-0.2, 0) is 0 Å². The first-order valence-electron chi connectivity index (χ1n) is 6.68. The summed E-state index contributed by atoms with van der Waals surface area (Å²) in [4.78, 5) is 0. The molecule has 0 aliphatic heterocycles. The lowest BCUT2D eigenvalue weighted by Gasteiger charge is -2.23. The molecule has 0 amide bonds. The standard InChI is InChI=1S/C15H19NO2/c1-2-16-14(11-4-5-11)15(17)12-6-3-10-7-8-18-13(10)9-12/h3,6-9,11,14-17H,2,4-5H2,1H3. The van der Waals surface area contributed by atoms with Crippen LogP contribution in [0.1, 0.15) is 31.4 Å². The Morgan fingerprint density at radius 1 is 1.39 bits per heavy atom. The van der Waals surface area contributed by atoms with E-state index in [-0.39, 0.29) is 6.04 Å². The predicted octanol–water partition coefficient (Wildman–Crippen LogP) is 2.85. The van der Waals surface area contributed by atoms with Gasteiger partial charge in [-0.2, -0.15) is 0 Å². The molecule has 0 bridgehead atoms. The summed E-state index contributed by atoms with van der Waals surface area (Å²) in [5, 5.41) is 15.0. The van der Waals surface area contributed by atoms with Gasteiger partial charge in [-0.1, -0.05) is 19.1 Å². The second-order valence-corrected chi connectivity index (χ2v) is 5.08. The van der Waals surface area contributed by atoms with E-state index in [1.807, 2.05) is 24.3 Å². The summed E-state index contributed by atoms with van der Waals surface area (Å²) in [6.45, 7) is 2.97. The number of likely N-dealkylation sites (N-methyl/N-ethyl adjacent to an activating group) is 1. The van der Waals surface area contributed by atoms with E-state index < -0.39 is 6.10 Å². The molecule has 1 aliphatic rings. The van der Waals surface area contributed by atoms with Gasteiger partial charge in [0.1, 0.15) is 5.58 Å². The molecular weight excluding hydrogens is 226 g/mol. The van der Waals surface area contributed by atoms with E-state index in [1.54, 1.807) is 6.26 Å². The summed E-state index contributed by atoms with van der Waals surface area (Å²) >= 11 is 0. The van der Waals surface area contributed by atoms with Crippen LogP contribution in [0.15, 0.2) is 34.9 Å². The average molecular weight is 245 g/mol. The van der Waals surface area contributed by atoms with E-state index in [2.05, 4.69) is 12.2 Å². The van der Waals surface area contributed by atoms with Crippen LogP contribution < -0.4 is 5.32 Å². The molecule has 96 valence electrons. The number of fused-ring (bicyclic) bond motifs is 1. The van der Waals surface area contributed by atoms with Crippen LogP contribution in [0, 0.1) is 5.92 Å². The number of furan rings is 1. The monoisotopic (exact) mass is 245 g/mol. The van der Waals surface area contributed by atoms with Gasteiger partial charge >= 0.3 is 0 Å². The largest absolute Gasteiger partial charge is 0.464 e. The Morgan fingerprint density at radius 2 is 2.22 bits per heavy atom. The summed E-state index contributed by atoms with van der Waals surface area (Å²) in [5.74, 6) is 0.618. The van der Waals surface area contributed by atoms with Crippen molar-refractivity contribution in [2.24, 2.45) is 5.92 Å². The van der Waals surface area contributed by atoms with Crippen molar-refractivity contribution in [1.29, 1.82) is 0 Å². The number of nitrogens with one attached hydrogen (secondary N) is 1. The second-order valence-electron chi connectivity index (χ2n) is 5.08. The Bertz CT molecular complexity index is 530. The Labute approximate surface area is 107 Å². The first kappa shape index (κ1) is 11.8. The van der Waals surface area contributed by atoms with Gasteiger partial charge < -0.3 is 14.8 Å². The molecule has 1 saturated carbocycles. The molecule has 3 rings (SSSR count). The van der Waals surface area contributed by atoms with E-state index in [9.17, 15) is 5.11 Å². The zero-order chi connectivity index (χ0) is 12.5. The lowest BCUT2D eigenvalue weighted by molar-refractivity contribution is 0.118. The average Bonchev–Trinajstić information content (AvgIpc) is 3.12. The molecule has 1 heterocycles. The van der Waals surface area contributed by atoms with Crippen LogP contribution >= 0.6 is 0 Å². The first-order valence-corrected chi connectivity index (χ1v) is 6.68. The molecule has 3 nitrogen and oxygen atoms in total. The molecule has 1 aromatic heterocycles. The number of aliphatic hydroxyl groups is 1. The number of aliphatic hydroxyl groups excluding tert-OH is 1. The van der Waals surface area contributed by atoms with Gasteiger partial charge in [0.2, 0.25) is 0 Å². The molecule has 2 atom stereocenters. The molecule has 1 fully saturated rings. The summed E-state index contributed by atoms with van der Waals surface area (Å²) < 4.78 is 5.39. The molecule has 0 saturated heterocycles. The molecule has 1 aliphatic carbocycles. The van der Waals surface area contributed by atoms with Crippen molar-refractivity contribution in [3.05, 3.63) is 36.1 Å². The summed E-state index contributed by atoms with van der Waals surface area (Å²) in [7, 11) is 0. The highest BCUT2D eigenvalue weighted by Gasteiger charge is 2.35. The zero-order valence-corrected chi connectivity index (χ0v) is 10.6. The Hall–Kier alpha value is -1.32. The van der Waals surface area contributed by atoms with E-state index in [4.69, 9.17) is 4.42 Å². The van der Waals surface area contributed by atoms with Crippen molar-refractivity contribution >= 4 is 11.0 Å². The second kappa shape index (κ2) is 4.75. The van der Waals surface area contributed by atoms with E-state index >= 15 is 0 Å². The highest BCUT2D eigenvalue weighted by molar-refractivity contribution is 5.77. The fraction of sp³-hybridized carbons (Fsp3) is 0.467. The quantitative estimate of drug-likeness (QED) is 0.851. The third kappa shape index (κ3) is 2.16. The minimum atomic E-state index is -0.452. The van der Waals surface area contributed by atoms with Gasteiger partial charge in [-0.15, -0.1) is 0 Å². The van der Waals surface area contributed by atoms with Crippen molar-refractivity contribution in [2.45, 2.75) is 31.9 Å². The molecular formula is C15H19NO2. The fourth-order valence-electron chi connectivity index (χ4n) is 2.59.